The molecule has 0 saturated carbocycles. The van der Waals surface area contributed by atoms with E-state index in [0.29, 0.717) is 5.56 Å². The fraction of sp³-hybridized carbons (Fsp3) is 0.263. The van der Waals surface area contributed by atoms with E-state index >= 15 is 0 Å². The molecule has 0 atom stereocenters. The lowest BCUT2D eigenvalue weighted by molar-refractivity contribution is -0.123. The van der Waals surface area contributed by atoms with E-state index in [4.69, 9.17) is 0 Å². The van der Waals surface area contributed by atoms with Crippen LogP contribution in [0.15, 0.2) is 36.4 Å². The van der Waals surface area contributed by atoms with Gasteiger partial charge in [-0.15, -0.1) is 0 Å². The molecule has 4 nitrogen and oxygen atoms in total. The maximum absolute atomic E-state index is 13.5. The predicted octanol–water partition coefficient (Wildman–Crippen LogP) is 3.05. The van der Waals surface area contributed by atoms with Gasteiger partial charge in [-0.05, 0) is 43.5 Å². The minimum Gasteiger partial charge on any atom is -0.347 e. The zero-order chi connectivity index (χ0) is 17.7. The van der Waals surface area contributed by atoms with Crippen molar-refractivity contribution in [1.29, 1.82) is 0 Å². The van der Waals surface area contributed by atoms with Crippen molar-refractivity contribution in [3.8, 4) is 0 Å². The van der Waals surface area contributed by atoms with E-state index in [-0.39, 0.29) is 18.9 Å². The van der Waals surface area contributed by atoms with Gasteiger partial charge in [0.2, 0.25) is 11.8 Å². The number of hydrogen-bond acceptors (Lipinski definition) is 2. The number of carbonyl (C=O) groups excluding carboxylic acids is 2. The lowest BCUT2D eigenvalue weighted by Gasteiger charge is -2.13. The van der Waals surface area contributed by atoms with Crippen LogP contribution in [0, 0.1) is 26.6 Å². The van der Waals surface area contributed by atoms with Crippen LogP contribution in [-0.2, 0) is 16.0 Å². The summed E-state index contributed by atoms with van der Waals surface area (Å²) in [5.74, 6) is -1.14. The number of aryl methyl sites for hydroxylation is 3. The molecule has 5 heteroatoms. The fourth-order valence-corrected chi connectivity index (χ4v) is 2.62. The van der Waals surface area contributed by atoms with Gasteiger partial charge in [-0.25, -0.2) is 4.39 Å². The number of anilines is 1. The molecule has 0 fully saturated rings. The molecule has 2 N–H and O–H groups in total. The van der Waals surface area contributed by atoms with Gasteiger partial charge in [0.05, 0.1) is 13.0 Å². The van der Waals surface area contributed by atoms with Gasteiger partial charge >= 0.3 is 0 Å². The lowest BCUT2D eigenvalue weighted by atomic mass is 10.1. The molecular formula is C19H21FN2O2. The van der Waals surface area contributed by atoms with Gasteiger partial charge in [0, 0.05) is 5.69 Å². The molecule has 0 saturated heterocycles. The smallest absolute Gasteiger partial charge is 0.243 e. The highest BCUT2D eigenvalue weighted by Gasteiger charge is 2.11. The first kappa shape index (κ1) is 17.7. The predicted molar refractivity (Wildman–Crippen MR) is 92.4 cm³/mol. The average molecular weight is 328 g/mol. The van der Waals surface area contributed by atoms with Gasteiger partial charge in [0.25, 0.3) is 0 Å². The number of rotatable bonds is 5. The lowest BCUT2D eigenvalue weighted by Crippen LogP contribution is -2.34. The summed E-state index contributed by atoms with van der Waals surface area (Å²) in [6.07, 6.45) is -0.0947. The molecule has 0 unspecified atom stereocenters. The van der Waals surface area contributed by atoms with Crippen LogP contribution in [0.25, 0.3) is 0 Å². The Hall–Kier alpha value is -2.69. The van der Waals surface area contributed by atoms with E-state index in [2.05, 4.69) is 10.6 Å². The van der Waals surface area contributed by atoms with Crippen molar-refractivity contribution in [1.82, 2.24) is 5.32 Å². The van der Waals surface area contributed by atoms with E-state index < -0.39 is 11.7 Å². The molecule has 0 aromatic heterocycles. The summed E-state index contributed by atoms with van der Waals surface area (Å²) in [6.45, 7) is 5.69. The first-order chi connectivity index (χ1) is 11.4. The number of halogens is 1. The third-order valence-electron chi connectivity index (χ3n) is 3.70. The minimum atomic E-state index is -0.428. The number of benzene rings is 2. The van der Waals surface area contributed by atoms with Crippen LogP contribution >= 0.6 is 0 Å². The molecule has 2 rings (SSSR count). The number of amides is 2. The molecule has 0 spiro atoms. The molecule has 0 aliphatic heterocycles. The van der Waals surface area contributed by atoms with Crippen molar-refractivity contribution in [2.45, 2.75) is 27.2 Å². The van der Waals surface area contributed by atoms with Gasteiger partial charge in [-0.3, -0.25) is 9.59 Å². The van der Waals surface area contributed by atoms with Crippen LogP contribution in [-0.4, -0.2) is 18.4 Å². The number of hydrogen-bond donors (Lipinski definition) is 2. The third-order valence-corrected chi connectivity index (χ3v) is 3.70. The average Bonchev–Trinajstić information content (AvgIpc) is 2.51. The molecule has 2 aromatic carbocycles. The molecule has 126 valence electrons. The van der Waals surface area contributed by atoms with E-state index in [0.717, 1.165) is 22.4 Å². The minimum absolute atomic E-state index is 0.0947. The second-order valence-corrected chi connectivity index (χ2v) is 5.87. The van der Waals surface area contributed by atoms with Crippen molar-refractivity contribution in [3.05, 3.63) is 64.5 Å². The van der Waals surface area contributed by atoms with Crippen LogP contribution < -0.4 is 10.6 Å². The molecule has 0 bridgehead atoms. The van der Waals surface area contributed by atoms with E-state index in [9.17, 15) is 14.0 Å². The topological polar surface area (TPSA) is 58.2 Å². The summed E-state index contributed by atoms with van der Waals surface area (Å²) in [7, 11) is 0. The van der Waals surface area contributed by atoms with Crippen molar-refractivity contribution in [2.24, 2.45) is 0 Å². The third kappa shape index (κ3) is 4.65. The maximum atomic E-state index is 13.5. The second kappa shape index (κ2) is 7.73. The highest BCUT2D eigenvalue weighted by molar-refractivity contribution is 5.96. The van der Waals surface area contributed by atoms with E-state index in [1.807, 2.05) is 32.9 Å². The molecule has 24 heavy (non-hydrogen) atoms. The molecule has 0 aliphatic rings. The van der Waals surface area contributed by atoms with Crippen LogP contribution in [0.1, 0.15) is 22.3 Å². The Morgan fingerprint density at radius 1 is 1.00 bits per heavy atom. The standard InChI is InChI=1S/C19H21FN2O2/c1-12-8-13(2)19(14(3)9-12)22-18(24)11-21-17(23)10-15-6-4-5-7-16(15)20/h4-9H,10-11H2,1-3H3,(H,21,23)(H,22,24). The zero-order valence-electron chi connectivity index (χ0n) is 14.1. The Bertz CT molecular complexity index is 749. The van der Waals surface area contributed by atoms with Crippen molar-refractivity contribution < 1.29 is 14.0 Å². The first-order valence-electron chi connectivity index (χ1n) is 7.74. The summed E-state index contributed by atoms with van der Waals surface area (Å²) in [5, 5.41) is 5.32. The highest BCUT2D eigenvalue weighted by atomic mass is 19.1. The first-order valence-corrected chi connectivity index (χ1v) is 7.74. The highest BCUT2D eigenvalue weighted by Crippen LogP contribution is 2.21. The van der Waals surface area contributed by atoms with E-state index in [1.54, 1.807) is 18.2 Å². The maximum Gasteiger partial charge on any atom is 0.243 e. The van der Waals surface area contributed by atoms with Gasteiger partial charge < -0.3 is 10.6 Å². The fourth-order valence-electron chi connectivity index (χ4n) is 2.62. The van der Waals surface area contributed by atoms with E-state index in [1.165, 1.54) is 6.07 Å². The molecule has 2 amide bonds. The molecule has 2 aromatic rings. The molecular weight excluding hydrogens is 307 g/mol. The Labute approximate surface area is 141 Å². The Morgan fingerprint density at radius 2 is 1.62 bits per heavy atom. The normalized spacial score (nSPS) is 10.3. The van der Waals surface area contributed by atoms with Crippen LogP contribution in [0.2, 0.25) is 0 Å². The monoisotopic (exact) mass is 328 g/mol. The van der Waals surface area contributed by atoms with Crippen molar-refractivity contribution in [3.63, 3.8) is 0 Å². The summed E-state index contributed by atoms with van der Waals surface area (Å²) in [6, 6.07) is 10.1. The Kier molecular flexibility index (Phi) is 5.68. The molecule has 0 aliphatic carbocycles. The quantitative estimate of drug-likeness (QED) is 0.886. The van der Waals surface area contributed by atoms with Gasteiger partial charge in [-0.2, -0.15) is 0 Å². The summed E-state index contributed by atoms with van der Waals surface area (Å²) in [5.41, 5.74) is 4.13. The largest absolute Gasteiger partial charge is 0.347 e. The van der Waals surface area contributed by atoms with Gasteiger partial charge in [0.1, 0.15) is 5.82 Å². The summed E-state index contributed by atoms with van der Waals surface area (Å²) in [4.78, 5) is 23.9. The zero-order valence-corrected chi connectivity index (χ0v) is 14.1. The molecule has 0 heterocycles. The van der Waals surface area contributed by atoms with Crippen LogP contribution in [0.3, 0.4) is 0 Å². The summed E-state index contributed by atoms with van der Waals surface area (Å²) >= 11 is 0. The summed E-state index contributed by atoms with van der Waals surface area (Å²) < 4.78 is 13.5. The molecule has 0 radical (unpaired) electrons. The van der Waals surface area contributed by atoms with Gasteiger partial charge in [-0.1, -0.05) is 35.9 Å². The van der Waals surface area contributed by atoms with Gasteiger partial charge in [0.15, 0.2) is 0 Å². The number of nitrogens with one attached hydrogen (secondary N) is 2. The van der Waals surface area contributed by atoms with Crippen LogP contribution in [0.4, 0.5) is 10.1 Å². The van der Waals surface area contributed by atoms with Crippen molar-refractivity contribution >= 4 is 17.5 Å². The Morgan fingerprint density at radius 3 is 2.25 bits per heavy atom. The SMILES string of the molecule is Cc1cc(C)c(NC(=O)CNC(=O)Cc2ccccc2F)c(C)c1. The van der Waals surface area contributed by atoms with Crippen molar-refractivity contribution in [2.75, 3.05) is 11.9 Å². The van der Waals surface area contributed by atoms with Crippen LogP contribution in [0.5, 0.6) is 0 Å². The Balaban J connectivity index is 1.90. The second-order valence-electron chi connectivity index (χ2n) is 5.87. The number of carbonyl (C=O) groups is 2.